The van der Waals surface area contributed by atoms with Gasteiger partial charge in [0, 0.05) is 32.1 Å². The van der Waals surface area contributed by atoms with E-state index >= 15 is 0 Å². The van der Waals surface area contributed by atoms with Gasteiger partial charge in [0.05, 0.1) is 29.4 Å². The van der Waals surface area contributed by atoms with Crippen molar-refractivity contribution in [3.8, 4) is 0 Å². The first kappa shape index (κ1) is 24.9. The van der Waals surface area contributed by atoms with Crippen LogP contribution in [-0.2, 0) is 17.9 Å². The first-order valence-corrected chi connectivity index (χ1v) is 13.5. The Hall–Kier alpha value is -1.19. The lowest BCUT2D eigenvalue weighted by Gasteiger charge is -2.32. The second-order valence-electron chi connectivity index (χ2n) is 10.4. The van der Waals surface area contributed by atoms with E-state index in [1.54, 1.807) is 6.08 Å². The summed E-state index contributed by atoms with van der Waals surface area (Å²) >= 11 is -1.25. The Morgan fingerprint density at radius 2 is 2.06 bits per heavy atom. The maximum Gasteiger partial charge on any atom is 0.151 e. The van der Waals surface area contributed by atoms with E-state index in [-0.39, 0.29) is 30.1 Å². The van der Waals surface area contributed by atoms with Crippen molar-refractivity contribution in [1.29, 1.82) is 0 Å². The molecule has 0 radical (unpaired) electrons. The predicted octanol–water partition coefficient (Wildman–Crippen LogP) is 4.40. The summed E-state index contributed by atoms with van der Waals surface area (Å²) in [5.74, 6) is 1.08. The van der Waals surface area contributed by atoms with Gasteiger partial charge in [-0.05, 0) is 73.8 Å². The van der Waals surface area contributed by atoms with Crippen LogP contribution in [0.3, 0.4) is 0 Å². The van der Waals surface area contributed by atoms with Crippen molar-refractivity contribution in [3.05, 3.63) is 40.8 Å². The van der Waals surface area contributed by atoms with Gasteiger partial charge in [-0.2, -0.15) is 5.10 Å². The van der Waals surface area contributed by atoms with Gasteiger partial charge in [0.1, 0.15) is 4.91 Å². The highest BCUT2D eigenvalue weighted by molar-refractivity contribution is 7.93. The smallest absolute Gasteiger partial charge is 0.151 e. The van der Waals surface area contributed by atoms with Crippen molar-refractivity contribution in [2.24, 2.45) is 17.8 Å². The molecule has 2 aliphatic carbocycles. The molecule has 3 aliphatic rings. The van der Waals surface area contributed by atoms with E-state index in [0.717, 1.165) is 37.1 Å². The number of hydrogen-bond acceptors (Lipinski definition) is 5. The van der Waals surface area contributed by atoms with Gasteiger partial charge in [-0.25, -0.2) is 4.39 Å². The van der Waals surface area contributed by atoms with Crippen molar-refractivity contribution in [3.63, 3.8) is 0 Å². The first-order chi connectivity index (χ1) is 15.8. The van der Waals surface area contributed by atoms with Crippen LogP contribution >= 0.6 is 0 Å². The number of aliphatic hydroxyl groups excluding tert-OH is 1. The largest absolute Gasteiger partial charge is 0.593 e. The van der Waals surface area contributed by atoms with Crippen molar-refractivity contribution in [1.82, 2.24) is 14.1 Å². The highest BCUT2D eigenvalue weighted by Crippen LogP contribution is 2.46. The SMILES string of the molecule is CC(C)CCn1cc(C2CCC=C([S+]([O-])N3CC(CCC(O)O)C4CC(F)=CCC43)C2)cn1. The summed E-state index contributed by atoms with van der Waals surface area (Å²) in [7, 11) is 0. The second kappa shape index (κ2) is 11.0. The monoisotopic (exact) mass is 479 g/mol. The van der Waals surface area contributed by atoms with Gasteiger partial charge in [0.2, 0.25) is 0 Å². The molecule has 0 amide bonds. The van der Waals surface area contributed by atoms with Gasteiger partial charge in [-0.3, -0.25) is 4.68 Å². The minimum atomic E-state index is -1.35. The van der Waals surface area contributed by atoms with E-state index in [9.17, 15) is 19.2 Å². The molecule has 0 spiro atoms. The fraction of sp³-hybridized carbons (Fsp3) is 0.720. The number of fused-ring (bicyclic) bond motifs is 1. The summed E-state index contributed by atoms with van der Waals surface area (Å²) in [6.07, 6.45) is 12.1. The number of halogens is 1. The summed E-state index contributed by atoms with van der Waals surface area (Å²) in [5.41, 5.74) is 1.22. The molecular weight excluding hydrogens is 441 g/mol. The summed E-state index contributed by atoms with van der Waals surface area (Å²) < 4.78 is 31.9. The highest BCUT2D eigenvalue weighted by atomic mass is 32.2. The summed E-state index contributed by atoms with van der Waals surface area (Å²) in [6, 6.07) is 0.0474. The molecule has 0 bridgehead atoms. The molecule has 8 heteroatoms. The molecule has 4 rings (SSSR count). The van der Waals surface area contributed by atoms with E-state index in [1.165, 1.54) is 5.56 Å². The van der Waals surface area contributed by atoms with Gasteiger partial charge >= 0.3 is 0 Å². The Bertz CT molecular complexity index is 856. The number of aromatic nitrogens is 2. The van der Waals surface area contributed by atoms with Crippen LogP contribution in [0.15, 0.2) is 35.3 Å². The number of allylic oxidation sites excluding steroid dienone is 3. The Kier molecular flexibility index (Phi) is 8.33. The average Bonchev–Trinajstić information content (AvgIpc) is 3.40. The number of aryl methyl sites for hydroxylation is 1. The fourth-order valence-corrected chi connectivity index (χ4v) is 7.32. The van der Waals surface area contributed by atoms with E-state index in [0.29, 0.717) is 37.6 Å². The van der Waals surface area contributed by atoms with E-state index in [1.807, 2.05) is 10.9 Å². The molecule has 2 N–H and O–H groups in total. The summed E-state index contributed by atoms with van der Waals surface area (Å²) in [4.78, 5) is 0.970. The predicted molar refractivity (Wildman–Crippen MR) is 128 cm³/mol. The molecule has 0 aromatic carbocycles. The second-order valence-corrected chi connectivity index (χ2v) is 11.8. The molecule has 33 heavy (non-hydrogen) atoms. The molecule has 1 saturated heterocycles. The third-order valence-electron chi connectivity index (χ3n) is 7.52. The maximum absolute atomic E-state index is 14.1. The third-order valence-corrected chi connectivity index (χ3v) is 9.15. The molecule has 1 aromatic heterocycles. The topological polar surface area (TPSA) is 84.6 Å². The van der Waals surface area contributed by atoms with E-state index in [2.05, 4.69) is 35.5 Å². The zero-order valence-electron chi connectivity index (χ0n) is 19.8. The molecule has 2 heterocycles. The first-order valence-electron chi connectivity index (χ1n) is 12.4. The Morgan fingerprint density at radius 3 is 2.82 bits per heavy atom. The van der Waals surface area contributed by atoms with Crippen LogP contribution in [-0.4, -0.2) is 47.7 Å². The molecule has 6 nitrogen and oxygen atoms in total. The normalized spacial score (nSPS) is 29.3. The minimum Gasteiger partial charge on any atom is -0.593 e. The zero-order valence-corrected chi connectivity index (χ0v) is 20.6. The van der Waals surface area contributed by atoms with Gasteiger partial charge in [-0.15, -0.1) is 4.31 Å². The highest BCUT2D eigenvalue weighted by Gasteiger charge is 2.49. The maximum atomic E-state index is 14.1. The molecule has 1 aromatic rings. The molecule has 1 fully saturated rings. The van der Waals surface area contributed by atoms with Crippen molar-refractivity contribution >= 4 is 11.4 Å². The van der Waals surface area contributed by atoms with Crippen molar-refractivity contribution < 1.29 is 19.2 Å². The molecular formula is C25H38FN3O3S. The van der Waals surface area contributed by atoms with Crippen LogP contribution in [0.5, 0.6) is 0 Å². The molecule has 0 saturated carbocycles. The molecule has 184 valence electrons. The van der Waals surface area contributed by atoms with Gasteiger partial charge < -0.3 is 14.8 Å². The summed E-state index contributed by atoms with van der Waals surface area (Å²) in [5, 5.41) is 23.2. The van der Waals surface area contributed by atoms with Crippen LogP contribution in [0.25, 0.3) is 0 Å². The quantitative estimate of drug-likeness (QED) is 0.405. The van der Waals surface area contributed by atoms with Crippen LogP contribution in [0.4, 0.5) is 4.39 Å². The number of aliphatic hydroxyl groups is 2. The van der Waals surface area contributed by atoms with Crippen LogP contribution in [0.1, 0.15) is 76.7 Å². The zero-order chi connectivity index (χ0) is 23.5. The number of hydrogen-bond donors (Lipinski definition) is 2. The van der Waals surface area contributed by atoms with Crippen LogP contribution < -0.4 is 0 Å². The standard InChI is InChI=1S/C25H38FN3O3S/c1-17(2)10-11-28-15-20(14-27-28)18-4-3-5-22(12-18)33(32)29-16-19(6-9-25(30)31)23-13-21(26)7-8-24(23)29/h5,7,14-15,17-19,23-25,30-31H,3-4,6,8-13,16H2,1-2H3. The Balaban J connectivity index is 1.42. The molecule has 5 atom stereocenters. The van der Waals surface area contributed by atoms with Gasteiger partial charge in [-0.1, -0.05) is 19.9 Å². The van der Waals surface area contributed by atoms with Crippen LogP contribution in [0.2, 0.25) is 0 Å². The van der Waals surface area contributed by atoms with Gasteiger partial charge in [0.15, 0.2) is 6.29 Å². The van der Waals surface area contributed by atoms with Gasteiger partial charge in [0.25, 0.3) is 0 Å². The van der Waals surface area contributed by atoms with E-state index in [4.69, 9.17) is 0 Å². The number of rotatable bonds is 9. The third kappa shape index (κ3) is 6.09. The number of nitrogens with zero attached hydrogens (tertiary/aromatic N) is 3. The lowest BCUT2D eigenvalue weighted by Crippen LogP contribution is -2.39. The van der Waals surface area contributed by atoms with Crippen LogP contribution in [0, 0.1) is 17.8 Å². The van der Waals surface area contributed by atoms with Crippen molar-refractivity contribution in [2.45, 2.75) is 90.0 Å². The lowest BCUT2D eigenvalue weighted by atomic mass is 9.81. The Morgan fingerprint density at radius 1 is 1.24 bits per heavy atom. The van der Waals surface area contributed by atoms with Crippen molar-refractivity contribution in [2.75, 3.05) is 6.54 Å². The minimum absolute atomic E-state index is 0.0474. The molecule has 5 unspecified atom stereocenters. The van der Waals surface area contributed by atoms with E-state index < -0.39 is 17.7 Å². The Labute approximate surface area is 199 Å². The fourth-order valence-electron chi connectivity index (χ4n) is 5.60. The molecule has 1 aliphatic heterocycles. The lowest BCUT2D eigenvalue weighted by molar-refractivity contribution is -0.0495. The average molecular weight is 480 g/mol. The summed E-state index contributed by atoms with van der Waals surface area (Å²) in [6.45, 7) is 5.97.